The van der Waals surface area contributed by atoms with Gasteiger partial charge in [-0.3, -0.25) is 4.79 Å². The largest absolute Gasteiger partial charge is 0.497 e. The van der Waals surface area contributed by atoms with Crippen molar-refractivity contribution in [3.8, 4) is 23.1 Å². The number of ether oxygens (including phenoxy) is 3. The van der Waals surface area contributed by atoms with E-state index in [1.807, 2.05) is 61.5 Å². The zero-order valence-electron chi connectivity index (χ0n) is 21.5. The monoisotopic (exact) mass is 515 g/mol. The molecule has 38 heavy (non-hydrogen) atoms. The van der Waals surface area contributed by atoms with E-state index < -0.39 is 0 Å². The first kappa shape index (κ1) is 25.5. The number of carbonyl (C=O) groups is 1. The lowest BCUT2D eigenvalue weighted by molar-refractivity contribution is 0.0505. The van der Waals surface area contributed by atoms with Crippen molar-refractivity contribution in [2.24, 2.45) is 0 Å². The van der Waals surface area contributed by atoms with Gasteiger partial charge in [-0.1, -0.05) is 18.2 Å². The third-order valence-electron chi connectivity index (χ3n) is 6.59. The molecular weight excluding hydrogens is 485 g/mol. The van der Waals surface area contributed by atoms with Gasteiger partial charge in [0.2, 0.25) is 5.88 Å². The summed E-state index contributed by atoms with van der Waals surface area (Å²) in [6, 6.07) is 22.6. The lowest BCUT2D eigenvalue weighted by atomic mass is 10.1. The molecule has 7 nitrogen and oxygen atoms in total. The standard InChI is InChI=1S/C30H30FN3O4/c1-21-28(20-33(19-27-9-6-18-37-27)29(35)22-10-12-23(31)13-11-22)30(34(32-21)24-7-4-3-5-8-24)38-26-16-14-25(36-2)15-17-26/h3-5,7-8,10-17,27H,6,9,18-20H2,1-2H3. The summed E-state index contributed by atoms with van der Waals surface area (Å²) in [5.74, 6) is 1.26. The molecule has 0 N–H and O–H groups in total. The molecule has 5 rings (SSSR count). The van der Waals surface area contributed by atoms with Crippen LogP contribution in [0.1, 0.15) is 34.5 Å². The van der Waals surface area contributed by atoms with Crippen molar-refractivity contribution in [1.29, 1.82) is 0 Å². The van der Waals surface area contributed by atoms with Crippen LogP contribution >= 0.6 is 0 Å². The van der Waals surface area contributed by atoms with Gasteiger partial charge in [-0.25, -0.2) is 9.07 Å². The number of aromatic nitrogens is 2. The van der Waals surface area contributed by atoms with E-state index >= 15 is 0 Å². The van der Waals surface area contributed by atoms with Gasteiger partial charge in [0.1, 0.15) is 17.3 Å². The van der Waals surface area contributed by atoms with Crippen LogP contribution in [0.15, 0.2) is 78.9 Å². The number of hydrogen-bond acceptors (Lipinski definition) is 5. The molecule has 4 aromatic rings. The van der Waals surface area contributed by atoms with Crippen LogP contribution in [0.2, 0.25) is 0 Å². The maximum absolute atomic E-state index is 13.6. The second-order valence-electron chi connectivity index (χ2n) is 9.22. The summed E-state index contributed by atoms with van der Waals surface area (Å²) < 4.78 is 32.9. The molecule has 196 valence electrons. The molecule has 3 aromatic carbocycles. The molecule has 1 aliphatic heterocycles. The fourth-order valence-corrected chi connectivity index (χ4v) is 4.54. The second-order valence-corrected chi connectivity index (χ2v) is 9.22. The smallest absolute Gasteiger partial charge is 0.254 e. The Balaban J connectivity index is 1.53. The van der Waals surface area contributed by atoms with Crippen LogP contribution in [0.5, 0.6) is 17.4 Å². The van der Waals surface area contributed by atoms with Crippen LogP contribution < -0.4 is 9.47 Å². The van der Waals surface area contributed by atoms with E-state index in [-0.39, 0.29) is 24.4 Å². The molecule has 0 bridgehead atoms. The predicted octanol–water partition coefficient (Wildman–Crippen LogP) is 5.94. The Labute approximate surface area is 221 Å². The summed E-state index contributed by atoms with van der Waals surface area (Å²) in [5.41, 5.74) is 2.76. The van der Waals surface area contributed by atoms with Gasteiger partial charge in [-0.2, -0.15) is 5.10 Å². The number of hydrogen-bond donors (Lipinski definition) is 0. The lowest BCUT2D eigenvalue weighted by Gasteiger charge is -2.26. The summed E-state index contributed by atoms with van der Waals surface area (Å²) in [7, 11) is 1.61. The Hall–Kier alpha value is -4.17. The van der Waals surface area contributed by atoms with Gasteiger partial charge in [0.15, 0.2) is 0 Å². The van der Waals surface area contributed by atoms with E-state index in [1.54, 1.807) is 16.7 Å². The molecule has 1 amide bonds. The fraction of sp³-hybridized carbons (Fsp3) is 0.267. The minimum Gasteiger partial charge on any atom is -0.497 e. The Morgan fingerprint density at radius 1 is 1.05 bits per heavy atom. The summed E-state index contributed by atoms with van der Waals surface area (Å²) in [5, 5.41) is 4.79. The van der Waals surface area contributed by atoms with Crippen LogP contribution in [0, 0.1) is 12.7 Å². The number of para-hydroxylation sites is 1. The maximum Gasteiger partial charge on any atom is 0.254 e. The molecule has 1 saturated heterocycles. The van der Waals surface area contributed by atoms with Gasteiger partial charge in [0.05, 0.1) is 36.7 Å². The summed E-state index contributed by atoms with van der Waals surface area (Å²) in [4.78, 5) is 15.4. The minimum absolute atomic E-state index is 0.0603. The molecule has 1 atom stereocenters. The highest BCUT2D eigenvalue weighted by molar-refractivity contribution is 5.94. The Morgan fingerprint density at radius 3 is 2.42 bits per heavy atom. The van der Waals surface area contributed by atoms with Crippen molar-refractivity contribution in [2.75, 3.05) is 20.3 Å². The van der Waals surface area contributed by atoms with Gasteiger partial charge in [-0.15, -0.1) is 0 Å². The van der Waals surface area contributed by atoms with Crippen molar-refractivity contribution in [3.05, 3.63) is 102 Å². The molecule has 0 saturated carbocycles. The van der Waals surface area contributed by atoms with Crippen molar-refractivity contribution < 1.29 is 23.4 Å². The minimum atomic E-state index is -0.387. The third-order valence-corrected chi connectivity index (χ3v) is 6.59. The van der Waals surface area contributed by atoms with Crippen LogP contribution in [0.3, 0.4) is 0 Å². The predicted molar refractivity (Wildman–Crippen MR) is 141 cm³/mol. The number of amides is 1. The molecule has 1 aliphatic rings. The van der Waals surface area contributed by atoms with Crippen molar-refractivity contribution in [2.45, 2.75) is 32.4 Å². The van der Waals surface area contributed by atoms with Crippen LogP contribution in [0.25, 0.3) is 5.69 Å². The molecule has 0 radical (unpaired) electrons. The van der Waals surface area contributed by atoms with Gasteiger partial charge in [0, 0.05) is 18.7 Å². The fourth-order valence-electron chi connectivity index (χ4n) is 4.54. The molecule has 0 spiro atoms. The summed E-state index contributed by atoms with van der Waals surface area (Å²) in [6.07, 6.45) is 1.78. The molecule has 2 heterocycles. The number of carbonyl (C=O) groups excluding carboxylic acids is 1. The summed E-state index contributed by atoms with van der Waals surface area (Å²) >= 11 is 0. The lowest BCUT2D eigenvalue weighted by Crippen LogP contribution is -2.37. The average Bonchev–Trinajstić information content (AvgIpc) is 3.57. The highest BCUT2D eigenvalue weighted by atomic mass is 19.1. The Kier molecular flexibility index (Phi) is 7.70. The molecule has 0 aliphatic carbocycles. The average molecular weight is 516 g/mol. The maximum atomic E-state index is 13.6. The number of methoxy groups -OCH3 is 1. The molecule has 1 aromatic heterocycles. The van der Waals surface area contributed by atoms with Crippen molar-refractivity contribution >= 4 is 5.91 Å². The second kappa shape index (κ2) is 11.5. The first-order valence-electron chi connectivity index (χ1n) is 12.6. The number of halogens is 1. The quantitative estimate of drug-likeness (QED) is 0.276. The van der Waals surface area contributed by atoms with E-state index in [1.165, 1.54) is 24.3 Å². The van der Waals surface area contributed by atoms with E-state index in [2.05, 4.69) is 0 Å². The number of benzene rings is 3. The topological polar surface area (TPSA) is 65.8 Å². The van der Waals surface area contributed by atoms with Crippen molar-refractivity contribution in [3.63, 3.8) is 0 Å². The first-order valence-corrected chi connectivity index (χ1v) is 12.6. The van der Waals surface area contributed by atoms with Gasteiger partial charge in [-0.05, 0) is 80.4 Å². The molecule has 8 heteroatoms. The van der Waals surface area contributed by atoms with Gasteiger partial charge in [0.25, 0.3) is 5.91 Å². The van der Waals surface area contributed by atoms with Crippen LogP contribution in [0.4, 0.5) is 4.39 Å². The Bertz CT molecular complexity index is 1370. The number of rotatable bonds is 9. The number of nitrogens with zero attached hydrogens (tertiary/aromatic N) is 3. The van der Waals surface area contributed by atoms with Crippen LogP contribution in [-0.4, -0.2) is 47.0 Å². The zero-order chi connectivity index (χ0) is 26.5. The van der Waals surface area contributed by atoms with Crippen LogP contribution in [-0.2, 0) is 11.3 Å². The molecule has 1 unspecified atom stereocenters. The van der Waals surface area contributed by atoms with E-state index in [0.29, 0.717) is 30.3 Å². The highest BCUT2D eigenvalue weighted by Gasteiger charge is 2.28. The van der Waals surface area contributed by atoms with E-state index in [4.69, 9.17) is 19.3 Å². The van der Waals surface area contributed by atoms with Gasteiger partial charge >= 0.3 is 0 Å². The molecular formula is C30H30FN3O4. The third kappa shape index (κ3) is 5.70. The summed E-state index contributed by atoms with van der Waals surface area (Å²) in [6.45, 7) is 3.25. The highest BCUT2D eigenvalue weighted by Crippen LogP contribution is 2.33. The SMILES string of the molecule is COc1ccc(Oc2c(CN(CC3CCCO3)C(=O)c3ccc(F)cc3)c(C)nn2-c2ccccc2)cc1. The first-order chi connectivity index (χ1) is 18.5. The normalized spacial score (nSPS) is 14.9. The Morgan fingerprint density at radius 2 is 1.76 bits per heavy atom. The molecule has 1 fully saturated rings. The number of aryl methyl sites for hydroxylation is 1. The van der Waals surface area contributed by atoms with Crippen molar-refractivity contribution in [1.82, 2.24) is 14.7 Å². The van der Waals surface area contributed by atoms with E-state index in [9.17, 15) is 9.18 Å². The van der Waals surface area contributed by atoms with Gasteiger partial charge < -0.3 is 19.1 Å². The zero-order valence-corrected chi connectivity index (χ0v) is 21.5. The van der Waals surface area contributed by atoms with E-state index in [0.717, 1.165) is 35.5 Å².